The van der Waals surface area contributed by atoms with E-state index in [2.05, 4.69) is 41.8 Å². The van der Waals surface area contributed by atoms with Gasteiger partial charge in [0.25, 0.3) is 0 Å². The zero-order valence-electron chi connectivity index (χ0n) is 10.6. The van der Waals surface area contributed by atoms with Gasteiger partial charge in [0.05, 0.1) is 0 Å². The van der Waals surface area contributed by atoms with Crippen LogP contribution in [0, 0.1) is 6.92 Å². The molecule has 1 aromatic carbocycles. The average molecular weight is 268 g/mol. The van der Waals surface area contributed by atoms with Crippen molar-refractivity contribution in [1.29, 1.82) is 0 Å². The molecule has 0 unspecified atom stereocenters. The van der Waals surface area contributed by atoms with Crippen LogP contribution in [0.2, 0.25) is 0 Å². The van der Waals surface area contributed by atoms with E-state index in [1.54, 1.807) is 11.8 Å². The predicted molar refractivity (Wildman–Crippen MR) is 75.0 cm³/mol. The lowest BCUT2D eigenvalue weighted by Crippen LogP contribution is -2.37. The molecule has 0 aromatic heterocycles. The van der Waals surface area contributed by atoms with Gasteiger partial charge >= 0.3 is 6.03 Å². The molecule has 0 saturated heterocycles. The minimum absolute atomic E-state index is 0.101. The van der Waals surface area contributed by atoms with Crippen LogP contribution in [-0.4, -0.2) is 36.6 Å². The summed E-state index contributed by atoms with van der Waals surface area (Å²) in [6, 6.07) is 8.16. The number of thioether (sulfide) groups is 1. The number of aryl methyl sites for hydroxylation is 1. The smallest absolute Gasteiger partial charge is 0.314 e. The van der Waals surface area contributed by atoms with Gasteiger partial charge in [-0.25, -0.2) is 4.79 Å². The zero-order valence-corrected chi connectivity index (χ0v) is 11.4. The van der Waals surface area contributed by atoms with Crippen LogP contribution in [0.5, 0.6) is 0 Å². The Hall–Kier alpha value is -1.20. The maximum atomic E-state index is 11.3. The number of aliphatic hydroxyl groups is 1. The molecule has 0 radical (unpaired) electrons. The lowest BCUT2D eigenvalue weighted by atomic mass is 10.2. The Kier molecular flexibility index (Phi) is 7.29. The Morgan fingerprint density at radius 2 is 1.89 bits per heavy atom. The summed E-state index contributed by atoms with van der Waals surface area (Å²) in [7, 11) is 0. The summed E-state index contributed by atoms with van der Waals surface area (Å²) in [6.07, 6.45) is 0.589. The van der Waals surface area contributed by atoms with Crippen molar-refractivity contribution in [3.05, 3.63) is 29.8 Å². The van der Waals surface area contributed by atoms with E-state index in [1.807, 2.05) is 0 Å². The van der Waals surface area contributed by atoms with E-state index in [4.69, 9.17) is 5.11 Å². The molecule has 1 rings (SSSR count). The number of benzene rings is 1. The first-order valence-corrected chi connectivity index (χ1v) is 7.03. The number of urea groups is 1. The first kappa shape index (κ1) is 14.9. The fourth-order valence-electron chi connectivity index (χ4n) is 1.31. The second-order valence-electron chi connectivity index (χ2n) is 3.92. The highest BCUT2D eigenvalue weighted by atomic mass is 32.2. The summed E-state index contributed by atoms with van der Waals surface area (Å²) < 4.78 is 0. The van der Waals surface area contributed by atoms with Crippen LogP contribution in [0.25, 0.3) is 0 Å². The van der Waals surface area contributed by atoms with Crippen LogP contribution in [0.4, 0.5) is 4.79 Å². The van der Waals surface area contributed by atoms with Crippen molar-refractivity contribution in [3.8, 4) is 0 Å². The standard InChI is InChI=1S/C13H20N2O2S/c1-11-3-5-12(6-4-11)18-10-8-15-13(17)14-7-2-9-16/h3-6,16H,2,7-10H2,1H3,(H2,14,15,17). The second-order valence-corrected chi connectivity index (χ2v) is 5.09. The molecule has 0 aliphatic heterocycles. The molecule has 0 fully saturated rings. The number of nitrogens with one attached hydrogen (secondary N) is 2. The highest BCUT2D eigenvalue weighted by Crippen LogP contribution is 2.17. The summed E-state index contributed by atoms with van der Waals surface area (Å²) in [5, 5.41) is 14.0. The number of rotatable bonds is 7. The molecule has 0 heterocycles. The molecule has 0 atom stereocenters. The van der Waals surface area contributed by atoms with Crippen molar-refractivity contribution >= 4 is 17.8 Å². The third kappa shape index (κ3) is 6.51. The molecule has 0 bridgehead atoms. The Labute approximate surface area is 112 Å². The lowest BCUT2D eigenvalue weighted by Gasteiger charge is -2.06. The number of aliphatic hydroxyl groups excluding tert-OH is 1. The molecule has 3 N–H and O–H groups in total. The molecular weight excluding hydrogens is 248 g/mol. The minimum Gasteiger partial charge on any atom is -0.396 e. The number of hydrogen-bond acceptors (Lipinski definition) is 3. The Bertz CT molecular complexity index is 355. The van der Waals surface area contributed by atoms with Gasteiger partial charge in [-0.05, 0) is 25.5 Å². The second kappa shape index (κ2) is 8.83. The van der Waals surface area contributed by atoms with Gasteiger partial charge in [0.1, 0.15) is 0 Å². The van der Waals surface area contributed by atoms with E-state index < -0.39 is 0 Å². The maximum Gasteiger partial charge on any atom is 0.314 e. The van der Waals surface area contributed by atoms with Gasteiger partial charge in [0.2, 0.25) is 0 Å². The molecule has 0 aliphatic rings. The van der Waals surface area contributed by atoms with Crippen molar-refractivity contribution in [2.75, 3.05) is 25.4 Å². The van der Waals surface area contributed by atoms with Crippen LogP contribution in [-0.2, 0) is 0 Å². The number of hydrogen-bond donors (Lipinski definition) is 3. The van der Waals surface area contributed by atoms with Crippen molar-refractivity contribution in [2.45, 2.75) is 18.2 Å². The normalized spacial score (nSPS) is 10.1. The summed E-state index contributed by atoms with van der Waals surface area (Å²) in [5.74, 6) is 0.844. The Morgan fingerprint density at radius 1 is 1.22 bits per heavy atom. The molecule has 0 spiro atoms. The average Bonchev–Trinajstić information content (AvgIpc) is 2.37. The van der Waals surface area contributed by atoms with Crippen molar-refractivity contribution < 1.29 is 9.90 Å². The zero-order chi connectivity index (χ0) is 13.2. The summed E-state index contributed by atoms with van der Waals surface area (Å²) in [6.45, 7) is 3.30. The molecule has 0 saturated carbocycles. The highest BCUT2D eigenvalue weighted by molar-refractivity contribution is 7.99. The summed E-state index contributed by atoms with van der Waals surface area (Å²) in [4.78, 5) is 12.5. The van der Waals surface area contributed by atoms with E-state index in [9.17, 15) is 4.79 Å². The molecule has 4 nitrogen and oxygen atoms in total. The molecule has 0 aliphatic carbocycles. The van der Waals surface area contributed by atoms with Gasteiger partial charge in [-0.2, -0.15) is 0 Å². The topological polar surface area (TPSA) is 61.4 Å². The quantitative estimate of drug-likeness (QED) is 0.522. The number of carbonyl (C=O) groups is 1. The highest BCUT2D eigenvalue weighted by Gasteiger charge is 1.98. The molecule has 5 heteroatoms. The molecule has 18 heavy (non-hydrogen) atoms. The van der Waals surface area contributed by atoms with Gasteiger partial charge < -0.3 is 15.7 Å². The molecular formula is C13H20N2O2S. The summed E-state index contributed by atoms with van der Waals surface area (Å²) >= 11 is 1.72. The van der Waals surface area contributed by atoms with Gasteiger partial charge in [-0.15, -0.1) is 11.8 Å². The largest absolute Gasteiger partial charge is 0.396 e. The molecule has 100 valence electrons. The van der Waals surface area contributed by atoms with Crippen LogP contribution < -0.4 is 10.6 Å². The van der Waals surface area contributed by atoms with Gasteiger partial charge in [0, 0.05) is 30.3 Å². The molecule has 1 aromatic rings. The third-order valence-electron chi connectivity index (χ3n) is 2.30. The first-order chi connectivity index (χ1) is 8.72. The Balaban J connectivity index is 2.07. The van der Waals surface area contributed by atoms with E-state index in [-0.39, 0.29) is 12.6 Å². The fraction of sp³-hybridized carbons (Fsp3) is 0.462. The number of carbonyl (C=O) groups excluding carboxylic acids is 1. The van der Waals surface area contributed by atoms with Crippen molar-refractivity contribution in [3.63, 3.8) is 0 Å². The monoisotopic (exact) mass is 268 g/mol. The maximum absolute atomic E-state index is 11.3. The van der Waals surface area contributed by atoms with Crippen molar-refractivity contribution in [2.24, 2.45) is 0 Å². The predicted octanol–water partition coefficient (Wildman–Crippen LogP) is 1.77. The van der Waals surface area contributed by atoms with Crippen LogP contribution in [0.15, 0.2) is 29.2 Å². The third-order valence-corrected chi connectivity index (χ3v) is 3.31. The number of amides is 2. The fourth-order valence-corrected chi connectivity index (χ4v) is 2.08. The van der Waals surface area contributed by atoms with Crippen molar-refractivity contribution in [1.82, 2.24) is 10.6 Å². The van der Waals surface area contributed by atoms with E-state index in [0.29, 0.717) is 19.5 Å². The molecule has 2 amide bonds. The Morgan fingerprint density at radius 3 is 2.56 bits per heavy atom. The SMILES string of the molecule is Cc1ccc(SCCNC(=O)NCCCO)cc1. The first-order valence-electron chi connectivity index (χ1n) is 6.04. The lowest BCUT2D eigenvalue weighted by molar-refractivity contribution is 0.238. The minimum atomic E-state index is -0.173. The van der Waals surface area contributed by atoms with E-state index >= 15 is 0 Å². The van der Waals surface area contributed by atoms with E-state index in [0.717, 1.165) is 5.75 Å². The van der Waals surface area contributed by atoms with Crippen LogP contribution >= 0.6 is 11.8 Å². The van der Waals surface area contributed by atoms with Gasteiger partial charge in [-0.1, -0.05) is 17.7 Å². The van der Waals surface area contributed by atoms with Gasteiger partial charge in [0.15, 0.2) is 0 Å². The van der Waals surface area contributed by atoms with Crippen LogP contribution in [0.3, 0.4) is 0 Å². The van der Waals surface area contributed by atoms with Crippen LogP contribution in [0.1, 0.15) is 12.0 Å². The van der Waals surface area contributed by atoms with E-state index in [1.165, 1.54) is 10.5 Å². The van der Waals surface area contributed by atoms with Gasteiger partial charge in [-0.3, -0.25) is 0 Å². The summed E-state index contributed by atoms with van der Waals surface area (Å²) in [5.41, 5.74) is 1.25.